The van der Waals surface area contributed by atoms with E-state index in [0.717, 1.165) is 27.3 Å². The molecule has 0 saturated carbocycles. The molecule has 0 aromatic heterocycles. The highest BCUT2D eigenvalue weighted by Crippen LogP contribution is 2.33. The first-order valence-electron chi connectivity index (χ1n) is 7.08. The Balaban J connectivity index is 2.56. The highest BCUT2D eigenvalue weighted by Gasteiger charge is 2.17. The first-order valence-corrected chi connectivity index (χ1v) is 7.08. The third-order valence-corrected chi connectivity index (χ3v) is 3.94. The van der Waals surface area contributed by atoms with Crippen molar-refractivity contribution >= 4 is 33.1 Å². The lowest BCUT2D eigenvalue weighted by Gasteiger charge is -2.12. The molecule has 0 N–H and O–H groups in total. The van der Waals surface area contributed by atoms with Crippen molar-refractivity contribution in [2.45, 2.75) is 13.8 Å². The number of benzene rings is 3. The molecule has 0 amide bonds. The van der Waals surface area contributed by atoms with Crippen LogP contribution in [0, 0.1) is 0 Å². The van der Waals surface area contributed by atoms with Crippen molar-refractivity contribution in [2.24, 2.45) is 0 Å². The number of rotatable bonds is 3. The summed E-state index contributed by atoms with van der Waals surface area (Å²) < 4.78 is 5.30. The van der Waals surface area contributed by atoms with Gasteiger partial charge in [0.05, 0.1) is 7.11 Å². The molecule has 0 saturated heterocycles. The van der Waals surface area contributed by atoms with Crippen LogP contribution in [0.4, 0.5) is 0 Å². The van der Waals surface area contributed by atoms with Crippen molar-refractivity contribution in [2.75, 3.05) is 7.11 Å². The largest absolute Gasteiger partial charge is 0.497 e. The molecule has 0 aliphatic carbocycles. The number of carbonyl (C=O) groups is 2. The number of fused-ring (bicyclic) bond motifs is 3. The molecule has 0 fully saturated rings. The second kappa shape index (κ2) is 5.26. The van der Waals surface area contributed by atoms with Gasteiger partial charge in [-0.1, -0.05) is 30.3 Å². The fraction of sp³-hybridized carbons (Fsp3) is 0.158. The zero-order valence-corrected chi connectivity index (χ0v) is 12.8. The quantitative estimate of drug-likeness (QED) is 0.530. The third kappa shape index (κ3) is 2.15. The van der Waals surface area contributed by atoms with Crippen molar-refractivity contribution in [3.63, 3.8) is 0 Å². The van der Waals surface area contributed by atoms with Crippen LogP contribution >= 0.6 is 0 Å². The molecule has 0 atom stereocenters. The Labute approximate surface area is 128 Å². The Hall–Kier alpha value is -2.68. The van der Waals surface area contributed by atoms with E-state index in [1.807, 2.05) is 36.4 Å². The molecule has 0 bridgehead atoms. The van der Waals surface area contributed by atoms with Gasteiger partial charge in [-0.25, -0.2) is 0 Å². The lowest BCUT2D eigenvalue weighted by Crippen LogP contribution is -2.05. The van der Waals surface area contributed by atoms with Gasteiger partial charge in [0.15, 0.2) is 11.6 Å². The minimum absolute atomic E-state index is 0.105. The number of carbonyl (C=O) groups excluding carboxylic acids is 2. The fourth-order valence-corrected chi connectivity index (χ4v) is 2.91. The van der Waals surface area contributed by atoms with Gasteiger partial charge in [0, 0.05) is 16.5 Å². The van der Waals surface area contributed by atoms with Gasteiger partial charge in [0.25, 0.3) is 0 Å². The maximum absolute atomic E-state index is 12.2. The predicted octanol–water partition coefficient (Wildman–Crippen LogP) is 4.41. The average Bonchev–Trinajstić information content (AvgIpc) is 2.52. The lowest BCUT2D eigenvalue weighted by atomic mass is 9.91. The molecule has 0 heterocycles. The Morgan fingerprint density at radius 1 is 0.864 bits per heavy atom. The number of hydrogen-bond donors (Lipinski definition) is 0. The van der Waals surface area contributed by atoms with Crippen LogP contribution in [0.25, 0.3) is 21.5 Å². The van der Waals surface area contributed by atoms with E-state index in [1.165, 1.54) is 13.8 Å². The zero-order chi connectivity index (χ0) is 15.9. The zero-order valence-electron chi connectivity index (χ0n) is 12.8. The number of Topliss-reactive ketones (excluding diaryl/α,β-unsaturated/α-hetero) is 2. The van der Waals surface area contributed by atoms with Gasteiger partial charge in [-0.05, 0) is 42.1 Å². The minimum atomic E-state index is -0.105. The molecule has 0 aliphatic rings. The second-order valence-electron chi connectivity index (χ2n) is 5.35. The first kappa shape index (κ1) is 14.3. The molecule has 0 unspecified atom stereocenters. The molecule has 0 radical (unpaired) electrons. The summed E-state index contributed by atoms with van der Waals surface area (Å²) in [5, 5.41) is 3.69. The van der Waals surface area contributed by atoms with E-state index >= 15 is 0 Å². The maximum Gasteiger partial charge on any atom is 0.161 e. The number of methoxy groups -OCH3 is 1. The third-order valence-electron chi connectivity index (χ3n) is 3.94. The second-order valence-corrected chi connectivity index (χ2v) is 5.35. The smallest absolute Gasteiger partial charge is 0.161 e. The fourth-order valence-electron chi connectivity index (χ4n) is 2.91. The summed E-state index contributed by atoms with van der Waals surface area (Å²) >= 11 is 0. The van der Waals surface area contributed by atoms with Gasteiger partial charge in [-0.3, -0.25) is 9.59 Å². The molecule has 3 aromatic carbocycles. The molecular weight excluding hydrogens is 276 g/mol. The lowest BCUT2D eigenvalue weighted by molar-refractivity contribution is 0.0982. The van der Waals surface area contributed by atoms with Gasteiger partial charge < -0.3 is 4.74 Å². The number of ketones is 2. The number of ether oxygens (including phenoxy) is 1. The average molecular weight is 292 g/mol. The molecule has 0 spiro atoms. The van der Waals surface area contributed by atoms with Crippen LogP contribution in [-0.4, -0.2) is 18.7 Å². The normalized spacial score (nSPS) is 10.9. The maximum atomic E-state index is 12.2. The summed E-state index contributed by atoms with van der Waals surface area (Å²) in [6.07, 6.45) is 0. The van der Waals surface area contributed by atoms with Crippen molar-refractivity contribution in [3.8, 4) is 5.75 Å². The van der Waals surface area contributed by atoms with Crippen molar-refractivity contribution in [3.05, 3.63) is 53.6 Å². The summed E-state index contributed by atoms with van der Waals surface area (Å²) in [6, 6.07) is 13.3. The van der Waals surface area contributed by atoms with E-state index in [2.05, 4.69) is 0 Å². The topological polar surface area (TPSA) is 43.4 Å². The minimum Gasteiger partial charge on any atom is -0.497 e. The number of hydrogen-bond acceptors (Lipinski definition) is 3. The standard InChI is InChI=1S/C19H16O3/c1-11(20)16-9-7-14-5-4-13-6-8-15(22-3)10-17(13)19(14)18(16)12(2)21/h4-10H,1-3H3. The van der Waals surface area contributed by atoms with Crippen LogP contribution in [0.1, 0.15) is 34.6 Å². The predicted molar refractivity (Wildman–Crippen MR) is 88.0 cm³/mol. The molecule has 0 aliphatic heterocycles. The van der Waals surface area contributed by atoms with E-state index in [4.69, 9.17) is 4.74 Å². The summed E-state index contributed by atoms with van der Waals surface area (Å²) in [7, 11) is 1.61. The Morgan fingerprint density at radius 3 is 2.14 bits per heavy atom. The van der Waals surface area contributed by atoms with Gasteiger partial charge in [-0.2, -0.15) is 0 Å². The summed E-state index contributed by atoms with van der Waals surface area (Å²) in [4.78, 5) is 24.1. The van der Waals surface area contributed by atoms with Crippen LogP contribution in [0.2, 0.25) is 0 Å². The van der Waals surface area contributed by atoms with Gasteiger partial charge in [-0.15, -0.1) is 0 Å². The molecule has 110 valence electrons. The molecular formula is C19H16O3. The Kier molecular flexibility index (Phi) is 3.41. The van der Waals surface area contributed by atoms with E-state index in [1.54, 1.807) is 13.2 Å². The van der Waals surface area contributed by atoms with Crippen molar-refractivity contribution in [1.82, 2.24) is 0 Å². The summed E-state index contributed by atoms with van der Waals surface area (Å²) in [6.45, 7) is 2.99. The Morgan fingerprint density at radius 2 is 1.50 bits per heavy atom. The van der Waals surface area contributed by atoms with Gasteiger partial charge >= 0.3 is 0 Å². The Bertz CT molecular complexity index is 923. The van der Waals surface area contributed by atoms with Crippen molar-refractivity contribution in [1.29, 1.82) is 0 Å². The summed E-state index contributed by atoms with van der Waals surface area (Å²) in [5.74, 6) is 0.515. The van der Waals surface area contributed by atoms with E-state index in [9.17, 15) is 9.59 Å². The highest BCUT2D eigenvalue weighted by molar-refractivity contribution is 6.22. The van der Waals surface area contributed by atoms with E-state index in [0.29, 0.717) is 11.1 Å². The van der Waals surface area contributed by atoms with E-state index < -0.39 is 0 Å². The molecule has 3 rings (SSSR count). The molecule has 3 aromatic rings. The van der Waals surface area contributed by atoms with Crippen LogP contribution in [-0.2, 0) is 0 Å². The first-order chi connectivity index (χ1) is 10.5. The van der Waals surface area contributed by atoms with Gasteiger partial charge in [0.1, 0.15) is 5.75 Å². The monoisotopic (exact) mass is 292 g/mol. The van der Waals surface area contributed by atoms with Crippen molar-refractivity contribution < 1.29 is 14.3 Å². The molecule has 3 heteroatoms. The molecule has 3 nitrogen and oxygen atoms in total. The van der Waals surface area contributed by atoms with Crippen LogP contribution in [0.3, 0.4) is 0 Å². The van der Waals surface area contributed by atoms with Gasteiger partial charge in [0.2, 0.25) is 0 Å². The van der Waals surface area contributed by atoms with Crippen LogP contribution in [0.15, 0.2) is 42.5 Å². The van der Waals surface area contributed by atoms with Crippen LogP contribution < -0.4 is 4.74 Å². The SMILES string of the molecule is COc1ccc2ccc3ccc(C(C)=O)c(C(C)=O)c3c2c1. The molecule has 22 heavy (non-hydrogen) atoms. The van der Waals surface area contributed by atoms with Crippen LogP contribution in [0.5, 0.6) is 5.75 Å². The summed E-state index contributed by atoms with van der Waals surface area (Å²) in [5.41, 5.74) is 0.958. The highest BCUT2D eigenvalue weighted by atomic mass is 16.5. The van der Waals surface area contributed by atoms with E-state index in [-0.39, 0.29) is 11.6 Å².